The minimum absolute atomic E-state index is 0.0282. The Morgan fingerprint density at radius 3 is 1.84 bits per heavy atom. The van der Waals surface area contributed by atoms with Crippen LogP contribution >= 0.6 is 0 Å². The van der Waals surface area contributed by atoms with Crippen LogP contribution in [0, 0.1) is 0 Å². The number of aliphatic hydroxyl groups excluding tert-OH is 1. The Labute approximate surface area is 250 Å². The lowest BCUT2D eigenvalue weighted by Crippen LogP contribution is -2.42. The Morgan fingerprint density at radius 1 is 0.750 bits per heavy atom. The van der Waals surface area contributed by atoms with Crippen LogP contribution < -0.4 is 5.32 Å². The van der Waals surface area contributed by atoms with Crippen molar-refractivity contribution in [3.05, 3.63) is 0 Å². The molecular weight excluding hydrogens is 592 g/mol. The number of carboxylic acid groups (broad SMARTS) is 2. The van der Waals surface area contributed by atoms with E-state index in [1.165, 1.54) is 0 Å². The number of aliphatic carboxylic acids is 2. The number of aliphatic hydroxyl groups is 1. The summed E-state index contributed by atoms with van der Waals surface area (Å²) in [5, 5.41) is 31.6. The predicted molar refractivity (Wildman–Crippen MR) is 141 cm³/mol. The molecule has 2 aliphatic rings. The molecule has 2 fully saturated rings. The molecule has 2 saturated heterocycles. The molecule has 4 N–H and O–H groups in total. The molecule has 2 aliphatic heterocycles. The molecule has 0 aromatic rings. The molecule has 2 heterocycles. The van der Waals surface area contributed by atoms with Crippen LogP contribution in [-0.2, 0) is 52.8 Å². The van der Waals surface area contributed by atoms with Gasteiger partial charge in [-0.2, -0.15) is 5.06 Å². The number of amides is 6. The Hall–Kier alpha value is -4.58. The second kappa shape index (κ2) is 17.5. The first-order valence-electron chi connectivity index (χ1n) is 13.9. The van der Waals surface area contributed by atoms with Gasteiger partial charge >= 0.3 is 17.9 Å². The molecular formula is C26H34N4O14. The van der Waals surface area contributed by atoms with E-state index in [2.05, 4.69) is 15.1 Å². The molecule has 2 atom stereocenters. The van der Waals surface area contributed by atoms with E-state index in [1.54, 1.807) is 0 Å². The zero-order chi connectivity index (χ0) is 32.8. The quantitative estimate of drug-likeness (QED) is 0.0610. The maximum Gasteiger partial charge on any atom is 0.350 e. The molecule has 0 aliphatic carbocycles. The zero-order valence-electron chi connectivity index (χ0n) is 23.7. The standard InChI is InChI=1S/C26H34N4O14/c31-17(27-15(25(39)40)7-13-23(37)43-29-19(33)9-10-20(29)34)5-3-1-2-4-6-18(32)28-16(26(41)42)8-14-24(38)44-30-21(35)11-12-22(30)36/h15,23,37H,1-14H2,(H,27,31)(H,39,40)(H,41,42)/t15-,23?/m0/s1. The van der Waals surface area contributed by atoms with Crippen LogP contribution in [-0.4, -0.2) is 96.8 Å². The van der Waals surface area contributed by atoms with E-state index in [9.17, 15) is 58.5 Å². The highest BCUT2D eigenvalue weighted by atomic mass is 16.8. The van der Waals surface area contributed by atoms with Gasteiger partial charge in [0.2, 0.25) is 11.8 Å². The molecule has 242 valence electrons. The molecule has 0 aromatic carbocycles. The van der Waals surface area contributed by atoms with E-state index in [-0.39, 0.29) is 51.4 Å². The van der Waals surface area contributed by atoms with Gasteiger partial charge in [0, 0.05) is 51.4 Å². The van der Waals surface area contributed by atoms with Gasteiger partial charge in [0.1, 0.15) is 11.8 Å². The normalized spacial score (nSPS) is 16.7. The highest BCUT2D eigenvalue weighted by Crippen LogP contribution is 2.16. The van der Waals surface area contributed by atoms with Gasteiger partial charge < -0.3 is 25.5 Å². The van der Waals surface area contributed by atoms with Crippen LogP contribution in [0.2, 0.25) is 0 Å². The fourth-order valence-corrected chi connectivity index (χ4v) is 4.04. The SMILES string of the molecule is O=C(CCCCCCC(=O)N[C@@H](CCC(O)ON1C(=O)CCC1=O)C(=O)O)N=C(CCC(=O)ON1C(=O)CCC1=O)C(=O)O. The molecule has 18 heteroatoms. The number of nitrogens with one attached hydrogen (secondary N) is 1. The van der Waals surface area contributed by atoms with Crippen LogP contribution in [0.25, 0.3) is 0 Å². The second-order valence-electron chi connectivity index (χ2n) is 9.89. The number of unbranched alkanes of at least 4 members (excludes halogenated alkanes) is 3. The number of carboxylic acids is 2. The first-order valence-corrected chi connectivity index (χ1v) is 13.9. The molecule has 0 bridgehead atoms. The van der Waals surface area contributed by atoms with E-state index in [0.717, 1.165) is 0 Å². The minimum Gasteiger partial charge on any atom is -0.480 e. The first-order chi connectivity index (χ1) is 20.8. The summed E-state index contributed by atoms with van der Waals surface area (Å²) in [5.74, 6) is -7.84. The molecule has 0 saturated carbocycles. The summed E-state index contributed by atoms with van der Waals surface area (Å²) in [6, 6.07) is -1.35. The zero-order valence-corrected chi connectivity index (χ0v) is 23.7. The topological polar surface area (TPSA) is 264 Å². The third-order valence-corrected chi connectivity index (χ3v) is 6.38. The van der Waals surface area contributed by atoms with Crippen molar-refractivity contribution in [2.24, 2.45) is 4.99 Å². The minimum atomic E-state index is -1.63. The first kappa shape index (κ1) is 35.6. The Bertz CT molecular complexity index is 1170. The summed E-state index contributed by atoms with van der Waals surface area (Å²) in [6.45, 7) is 0. The lowest BCUT2D eigenvalue weighted by Gasteiger charge is -2.20. The Kier molecular flexibility index (Phi) is 14.2. The van der Waals surface area contributed by atoms with Gasteiger partial charge in [-0.3, -0.25) is 28.8 Å². The van der Waals surface area contributed by atoms with Crippen LogP contribution in [0.3, 0.4) is 0 Å². The number of hydrogen-bond acceptors (Lipinski definition) is 12. The number of aliphatic imine (C=N–C) groups is 1. The summed E-state index contributed by atoms with van der Waals surface area (Å²) in [5.41, 5.74) is -0.590. The van der Waals surface area contributed by atoms with Crippen molar-refractivity contribution in [2.75, 3.05) is 0 Å². The molecule has 0 aromatic heterocycles. The largest absolute Gasteiger partial charge is 0.480 e. The van der Waals surface area contributed by atoms with E-state index >= 15 is 0 Å². The van der Waals surface area contributed by atoms with Gasteiger partial charge in [-0.25, -0.2) is 24.2 Å². The van der Waals surface area contributed by atoms with Crippen molar-refractivity contribution >= 4 is 59.1 Å². The Morgan fingerprint density at radius 2 is 1.30 bits per heavy atom. The van der Waals surface area contributed by atoms with E-state index in [0.29, 0.717) is 35.8 Å². The van der Waals surface area contributed by atoms with E-state index in [4.69, 9.17) is 4.84 Å². The van der Waals surface area contributed by atoms with Gasteiger partial charge in [-0.15, -0.1) is 5.06 Å². The van der Waals surface area contributed by atoms with E-state index < -0.39 is 84.2 Å². The van der Waals surface area contributed by atoms with Crippen molar-refractivity contribution < 1.29 is 68.1 Å². The molecule has 1 unspecified atom stereocenters. The molecule has 6 amide bonds. The van der Waals surface area contributed by atoms with Crippen molar-refractivity contribution in [1.29, 1.82) is 0 Å². The number of nitrogens with zero attached hydrogens (tertiary/aromatic N) is 3. The van der Waals surface area contributed by atoms with E-state index in [1.807, 2.05) is 0 Å². The third kappa shape index (κ3) is 12.0. The molecule has 0 radical (unpaired) electrons. The fourth-order valence-electron chi connectivity index (χ4n) is 4.04. The fraction of sp³-hybridized carbons (Fsp3) is 0.615. The number of imide groups is 2. The average Bonchev–Trinajstić information content (AvgIpc) is 3.44. The average molecular weight is 627 g/mol. The van der Waals surface area contributed by atoms with Crippen molar-refractivity contribution in [3.63, 3.8) is 0 Å². The highest BCUT2D eigenvalue weighted by molar-refractivity contribution is 6.37. The maximum atomic E-state index is 12.2. The summed E-state index contributed by atoms with van der Waals surface area (Å²) in [7, 11) is 0. The van der Waals surface area contributed by atoms with Crippen molar-refractivity contribution in [3.8, 4) is 0 Å². The number of hydroxylamine groups is 4. The summed E-state index contributed by atoms with van der Waals surface area (Å²) < 4.78 is 0. The van der Waals surface area contributed by atoms with Gasteiger partial charge in [-0.05, 0) is 19.3 Å². The smallest absolute Gasteiger partial charge is 0.350 e. The van der Waals surface area contributed by atoms with Crippen LogP contribution in [0.15, 0.2) is 4.99 Å². The molecule has 0 spiro atoms. The van der Waals surface area contributed by atoms with Crippen LogP contribution in [0.4, 0.5) is 0 Å². The second-order valence-corrected chi connectivity index (χ2v) is 9.89. The van der Waals surface area contributed by atoms with Crippen LogP contribution in [0.5, 0.6) is 0 Å². The van der Waals surface area contributed by atoms with Gasteiger partial charge in [0.15, 0.2) is 6.29 Å². The summed E-state index contributed by atoms with van der Waals surface area (Å²) >= 11 is 0. The predicted octanol–water partition coefficient (Wildman–Crippen LogP) is -0.485. The highest BCUT2D eigenvalue weighted by Gasteiger charge is 2.34. The number of carbonyl (C=O) groups excluding carboxylic acids is 7. The Balaban J connectivity index is 1.64. The molecule has 18 nitrogen and oxygen atoms in total. The third-order valence-electron chi connectivity index (χ3n) is 6.38. The van der Waals surface area contributed by atoms with Crippen LogP contribution in [0.1, 0.15) is 89.9 Å². The number of carbonyl (C=O) groups is 9. The molecule has 44 heavy (non-hydrogen) atoms. The van der Waals surface area contributed by atoms with Crippen molar-refractivity contribution in [1.82, 2.24) is 15.4 Å². The lowest BCUT2D eigenvalue weighted by molar-refractivity contribution is -0.246. The lowest BCUT2D eigenvalue weighted by atomic mass is 10.1. The maximum absolute atomic E-state index is 12.2. The van der Waals surface area contributed by atoms with Crippen molar-refractivity contribution in [2.45, 2.75) is 102 Å². The van der Waals surface area contributed by atoms with Gasteiger partial charge in [0.25, 0.3) is 23.6 Å². The van der Waals surface area contributed by atoms with Gasteiger partial charge in [-0.1, -0.05) is 12.8 Å². The monoisotopic (exact) mass is 626 g/mol. The number of hydrogen-bond donors (Lipinski definition) is 4. The summed E-state index contributed by atoms with van der Waals surface area (Å²) in [6.07, 6.45) is -1.95. The number of rotatable bonds is 19. The summed E-state index contributed by atoms with van der Waals surface area (Å²) in [4.78, 5) is 118. The van der Waals surface area contributed by atoms with Gasteiger partial charge in [0.05, 0.1) is 6.42 Å². The molecule has 2 rings (SSSR count).